The van der Waals surface area contributed by atoms with Crippen LogP contribution in [0.15, 0.2) is 0 Å². The Morgan fingerprint density at radius 1 is 1.36 bits per heavy atom. The van der Waals surface area contributed by atoms with Crippen LogP contribution in [0, 0.1) is 0 Å². The molecule has 2 N–H and O–H groups in total. The fourth-order valence-corrected chi connectivity index (χ4v) is 3.73. The topological polar surface area (TPSA) is 87.7 Å². The first kappa shape index (κ1) is 19.2. The maximum Gasteiger partial charge on any atom is 0.317 e. The first-order valence-electron chi connectivity index (χ1n) is 7.74. The molecule has 130 valence electrons. The molecular formula is C14H29N3O4S. The Bertz CT molecular complexity index is 459. The lowest BCUT2D eigenvalue weighted by Gasteiger charge is -2.42. The monoisotopic (exact) mass is 335 g/mol. The largest absolute Gasteiger partial charge is 0.385 e. The van der Waals surface area contributed by atoms with E-state index in [1.165, 1.54) is 6.26 Å². The molecule has 1 heterocycles. The summed E-state index contributed by atoms with van der Waals surface area (Å²) in [6, 6.07) is 0.0656. The average molecular weight is 335 g/mol. The van der Waals surface area contributed by atoms with Gasteiger partial charge in [-0.25, -0.2) is 17.9 Å². The number of carbonyl (C=O) groups excluding carboxylic acids is 1. The molecule has 22 heavy (non-hydrogen) atoms. The zero-order valence-corrected chi connectivity index (χ0v) is 14.8. The molecular weight excluding hydrogens is 306 g/mol. The van der Waals surface area contributed by atoms with Crippen molar-refractivity contribution < 1.29 is 17.9 Å². The quantitative estimate of drug-likeness (QED) is 0.724. The van der Waals surface area contributed by atoms with Gasteiger partial charge < -0.3 is 15.0 Å². The van der Waals surface area contributed by atoms with E-state index in [4.69, 9.17) is 4.74 Å². The number of amides is 2. The van der Waals surface area contributed by atoms with Crippen LogP contribution in [0.3, 0.4) is 0 Å². The number of nitrogens with zero attached hydrogens (tertiary/aromatic N) is 1. The lowest BCUT2D eigenvalue weighted by atomic mass is 9.86. The first-order valence-corrected chi connectivity index (χ1v) is 9.64. The highest BCUT2D eigenvalue weighted by Gasteiger charge is 2.37. The highest BCUT2D eigenvalue weighted by molar-refractivity contribution is 7.88. The molecule has 1 aliphatic rings. The standard InChI is InChI=1S/C14H29N3O4S/c1-5-12(2)15-13(18)17-9-6-14(7-10-17,8-11-21-3)16-22(4,19)20/h12,16H,5-11H2,1-4H3,(H,15,18). The predicted octanol–water partition coefficient (Wildman–Crippen LogP) is 0.915. The summed E-state index contributed by atoms with van der Waals surface area (Å²) in [5.41, 5.74) is -0.517. The predicted molar refractivity (Wildman–Crippen MR) is 86.3 cm³/mol. The van der Waals surface area contributed by atoms with Crippen LogP contribution in [-0.4, -0.2) is 64.0 Å². The van der Waals surface area contributed by atoms with Crippen molar-refractivity contribution in [3.8, 4) is 0 Å². The Morgan fingerprint density at radius 2 is 1.95 bits per heavy atom. The maximum absolute atomic E-state index is 12.1. The summed E-state index contributed by atoms with van der Waals surface area (Å²) in [5, 5.41) is 2.94. The minimum absolute atomic E-state index is 0.0750. The Kier molecular flexibility index (Phi) is 7.08. The third-order valence-electron chi connectivity index (χ3n) is 4.18. The van der Waals surface area contributed by atoms with Crippen molar-refractivity contribution in [3.05, 3.63) is 0 Å². The molecule has 0 aromatic heterocycles. The van der Waals surface area contributed by atoms with Crippen LogP contribution in [0.1, 0.15) is 39.5 Å². The molecule has 0 aromatic carbocycles. The van der Waals surface area contributed by atoms with E-state index in [1.54, 1.807) is 12.0 Å². The second-order valence-electron chi connectivity index (χ2n) is 6.14. The third kappa shape index (κ3) is 6.10. The molecule has 1 saturated heterocycles. The van der Waals surface area contributed by atoms with Gasteiger partial charge in [0.15, 0.2) is 0 Å². The van der Waals surface area contributed by atoms with Crippen LogP contribution >= 0.6 is 0 Å². The molecule has 1 rings (SSSR count). The zero-order valence-electron chi connectivity index (χ0n) is 14.0. The fraction of sp³-hybridized carbons (Fsp3) is 0.929. The van der Waals surface area contributed by atoms with Gasteiger partial charge in [0.1, 0.15) is 0 Å². The Balaban J connectivity index is 2.66. The molecule has 1 atom stereocenters. The van der Waals surface area contributed by atoms with Crippen LogP contribution in [-0.2, 0) is 14.8 Å². The van der Waals surface area contributed by atoms with Crippen LogP contribution < -0.4 is 10.0 Å². The van der Waals surface area contributed by atoms with Crippen LogP contribution in [0.25, 0.3) is 0 Å². The average Bonchev–Trinajstić information content (AvgIpc) is 2.44. The molecule has 0 aromatic rings. The van der Waals surface area contributed by atoms with Gasteiger partial charge in [-0.05, 0) is 32.6 Å². The highest BCUT2D eigenvalue weighted by Crippen LogP contribution is 2.27. The number of hydrogen-bond acceptors (Lipinski definition) is 4. The van der Waals surface area contributed by atoms with E-state index in [0.717, 1.165) is 6.42 Å². The van der Waals surface area contributed by atoms with Crippen LogP contribution in [0.4, 0.5) is 4.79 Å². The summed E-state index contributed by atoms with van der Waals surface area (Å²) >= 11 is 0. The van der Waals surface area contributed by atoms with Gasteiger partial charge in [0.05, 0.1) is 6.26 Å². The van der Waals surface area contributed by atoms with E-state index in [9.17, 15) is 13.2 Å². The van der Waals surface area contributed by atoms with Gasteiger partial charge in [-0.3, -0.25) is 0 Å². The molecule has 0 radical (unpaired) electrons. The molecule has 2 amide bonds. The van der Waals surface area contributed by atoms with E-state index in [0.29, 0.717) is 39.0 Å². The molecule has 0 bridgehead atoms. The Labute approximate surface area is 133 Å². The number of sulfonamides is 1. The number of rotatable bonds is 7. The van der Waals surface area contributed by atoms with Gasteiger partial charge in [0.25, 0.3) is 0 Å². The van der Waals surface area contributed by atoms with Crippen molar-refractivity contribution in [1.29, 1.82) is 0 Å². The van der Waals surface area contributed by atoms with E-state index in [-0.39, 0.29) is 12.1 Å². The number of urea groups is 1. The molecule has 8 heteroatoms. The summed E-state index contributed by atoms with van der Waals surface area (Å²) in [6.45, 7) is 5.55. The number of methoxy groups -OCH3 is 1. The number of carbonyl (C=O) groups is 1. The second-order valence-corrected chi connectivity index (χ2v) is 7.89. The summed E-state index contributed by atoms with van der Waals surface area (Å²) in [4.78, 5) is 13.9. The summed E-state index contributed by atoms with van der Waals surface area (Å²) in [5.74, 6) is 0. The van der Waals surface area contributed by atoms with Gasteiger partial charge in [-0.1, -0.05) is 6.92 Å². The van der Waals surface area contributed by atoms with Gasteiger partial charge in [-0.2, -0.15) is 0 Å². The molecule has 7 nitrogen and oxygen atoms in total. The third-order valence-corrected chi connectivity index (χ3v) is 4.98. The minimum Gasteiger partial charge on any atom is -0.385 e. The number of likely N-dealkylation sites (tertiary alicyclic amines) is 1. The number of hydrogen-bond donors (Lipinski definition) is 2. The Hall–Kier alpha value is -0.860. The first-order chi connectivity index (χ1) is 10.2. The van der Waals surface area contributed by atoms with Crippen molar-refractivity contribution in [2.24, 2.45) is 0 Å². The fourth-order valence-electron chi connectivity index (χ4n) is 2.64. The lowest BCUT2D eigenvalue weighted by molar-refractivity contribution is 0.114. The summed E-state index contributed by atoms with van der Waals surface area (Å²) in [6.07, 6.45) is 3.85. The van der Waals surface area contributed by atoms with Crippen molar-refractivity contribution in [1.82, 2.24) is 14.9 Å². The molecule has 1 unspecified atom stereocenters. The van der Waals surface area contributed by atoms with Crippen LogP contribution in [0.2, 0.25) is 0 Å². The van der Waals surface area contributed by atoms with Gasteiger partial charge >= 0.3 is 6.03 Å². The van der Waals surface area contributed by atoms with E-state index < -0.39 is 15.6 Å². The summed E-state index contributed by atoms with van der Waals surface area (Å²) in [7, 11) is -1.70. The highest BCUT2D eigenvalue weighted by atomic mass is 32.2. The second kappa shape index (κ2) is 8.12. The van der Waals surface area contributed by atoms with E-state index >= 15 is 0 Å². The zero-order chi connectivity index (χ0) is 16.8. The number of piperidine rings is 1. The van der Waals surface area contributed by atoms with Gasteiger partial charge in [0.2, 0.25) is 10.0 Å². The number of ether oxygens (including phenoxy) is 1. The molecule has 0 aliphatic carbocycles. The van der Waals surface area contributed by atoms with Crippen molar-refractivity contribution in [3.63, 3.8) is 0 Å². The maximum atomic E-state index is 12.1. The van der Waals surface area contributed by atoms with Gasteiger partial charge in [0, 0.05) is 38.4 Å². The normalized spacial score (nSPS) is 19.7. The molecule has 1 fully saturated rings. The lowest BCUT2D eigenvalue weighted by Crippen LogP contribution is -2.58. The summed E-state index contributed by atoms with van der Waals surface area (Å²) < 4.78 is 31.1. The molecule has 0 spiro atoms. The van der Waals surface area contributed by atoms with Crippen molar-refractivity contribution >= 4 is 16.1 Å². The minimum atomic E-state index is -3.30. The van der Waals surface area contributed by atoms with Crippen molar-refractivity contribution in [2.75, 3.05) is 33.1 Å². The smallest absolute Gasteiger partial charge is 0.317 e. The number of nitrogens with one attached hydrogen (secondary N) is 2. The SMILES string of the molecule is CCC(C)NC(=O)N1CCC(CCOC)(NS(C)(=O)=O)CC1. The van der Waals surface area contributed by atoms with E-state index in [1.807, 2.05) is 13.8 Å². The van der Waals surface area contributed by atoms with Crippen molar-refractivity contribution in [2.45, 2.75) is 51.1 Å². The van der Waals surface area contributed by atoms with Crippen LogP contribution in [0.5, 0.6) is 0 Å². The molecule has 0 saturated carbocycles. The van der Waals surface area contributed by atoms with Gasteiger partial charge in [-0.15, -0.1) is 0 Å². The molecule has 1 aliphatic heterocycles. The van der Waals surface area contributed by atoms with E-state index in [2.05, 4.69) is 10.0 Å². The Morgan fingerprint density at radius 3 is 2.41 bits per heavy atom.